The van der Waals surface area contributed by atoms with Gasteiger partial charge in [-0.15, -0.1) is 0 Å². The number of fused-ring (bicyclic) bond motifs is 1. The van der Waals surface area contributed by atoms with Crippen molar-refractivity contribution in [1.82, 2.24) is 0 Å². The third-order valence-corrected chi connectivity index (χ3v) is 4.94. The van der Waals surface area contributed by atoms with Gasteiger partial charge in [-0.1, -0.05) is 40.2 Å². The lowest BCUT2D eigenvalue weighted by Gasteiger charge is -2.09. The zero-order valence-corrected chi connectivity index (χ0v) is 16.6. The smallest absolute Gasteiger partial charge is 0.232 e. The average Bonchev–Trinajstić information content (AvgIpc) is 2.97. The van der Waals surface area contributed by atoms with E-state index in [-0.39, 0.29) is 17.4 Å². The Morgan fingerprint density at radius 2 is 1.89 bits per heavy atom. The van der Waals surface area contributed by atoms with Crippen LogP contribution in [0, 0.1) is 12.7 Å². The molecular formula is C23H16BrFO3. The number of hydrogen-bond acceptors (Lipinski definition) is 3. The fourth-order valence-electron chi connectivity index (χ4n) is 3.06. The van der Waals surface area contributed by atoms with Crippen molar-refractivity contribution in [3.8, 4) is 11.5 Å². The summed E-state index contributed by atoms with van der Waals surface area (Å²) in [4.78, 5) is 12.7. The molecule has 0 bridgehead atoms. The van der Waals surface area contributed by atoms with Gasteiger partial charge in [0.25, 0.3) is 0 Å². The van der Waals surface area contributed by atoms with Gasteiger partial charge in [0.2, 0.25) is 5.78 Å². The number of ketones is 1. The minimum Gasteiger partial charge on any atom is -0.489 e. The number of ether oxygens (including phenoxy) is 2. The topological polar surface area (TPSA) is 35.5 Å². The zero-order chi connectivity index (χ0) is 19.7. The van der Waals surface area contributed by atoms with Crippen molar-refractivity contribution in [2.24, 2.45) is 0 Å². The Hall–Kier alpha value is -2.92. The molecule has 0 spiro atoms. The van der Waals surface area contributed by atoms with Crippen molar-refractivity contribution < 1.29 is 18.7 Å². The van der Waals surface area contributed by atoms with Crippen molar-refractivity contribution in [2.75, 3.05) is 0 Å². The number of aryl methyl sites for hydroxylation is 1. The third-order valence-electron chi connectivity index (χ3n) is 4.41. The van der Waals surface area contributed by atoms with E-state index in [0.717, 1.165) is 15.6 Å². The fraction of sp³-hybridized carbons (Fsp3) is 0.0870. The molecule has 0 atom stereocenters. The van der Waals surface area contributed by atoms with Gasteiger partial charge in [-0.25, -0.2) is 4.39 Å². The normalized spacial score (nSPS) is 14.1. The molecular weight excluding hydrogens is 423 g/mol. The van der Waals surface area contributed by atoms with Crippen molar-refractivity contribution in [3.05, 3.63) is 99.0 Å². The van der Waals surface area contributed by atoms with Crippen LogP contribution in [0.4, 0.5) is 4.39 Å². The first-order valence-electron chi connectivity index (χ1n) is 8.71. The summed E-state index contributed by atoms with van der Waals surface area (Å²) in [6.07, 6.45) is 1.55. The summed E-state index contributed by atoms with van der Waals surface area (Å²) < 4.78 is 26.0. The molecule has 4 rings (SSSR count). The van der Waals surface area contributed by atoms with Crippen LogP contribution in [0.1, 0.15) is 27.0 Å². The van der Waals surface area contributed by atoms with E-state index in [9.17, 15) is 9.18 Å². The number of carbonyl (C=O) groups excluding carboxylic acids is 1. The van der Waals surface area contributed by atoms with Crippen LogP contribution in [0.3, 0.4) is 0 Å². The number of allylic oxidation sites excluding steroid dienone is 1. The summed E-state index contributed by atoms with van der Waals surface area (Å²) in [5.74, 6) is 0.680. The van der Waals surface area contributed by atoms with Crippen LogP contribution >= 0.6 is 15.9 Å². The Bertz CT molecular complexity index is 1090. The van der Waals surface area contributed by atoms with Crippen LogP contribution < -0.4 is 9.47 Å². The lowest BCUT2D eigenvalue weighted by Crippen LogP contribution is -2.00. The minimum atomic E-state index is -0.364. The maximum absolute atomic E-state index is 13.4. The molecule has 0 amide bonds. The summed E-state index contributed by atoms with van der Waals surface area (Å²) in [7, 11) is 0. The van der Waals surface area contributed by atoms with E-state index in [1.54, 1.807) is 24.3 Å². The maximum atomic E-state index is 13.4. The van der Waals surface area contributed by atoms with E-state index in [2.05, 4.69) is 15.9 Å². The summed E-state index contributed by atoms with van der Waals surface area (Å²) in [5.41, 5.74) is 2.89. The first-order valence-corrected chi connectivity index (χ1v) is 9.50. The molecule has 1 aliphatic rings. The molecule has 0 radical (unpaired) electrons. The van der Waals surface area contributed by atoms with Gasteiger partial charge in [0.15, 0.2) is 5.76 Å². The molecule has 5 heteroatoms. The van der Waals surface area contributed by atoms with Crippen LogP contribution in [-0.2, 0) is 6.61 Å². The lowest BCUT2D eigenvalue weighted by molar-refractivity contribution is 0.101. The van der Waals surface area contributed by atoms with Crippen molar-refractivity contribution >= 4 is 27.8 Å². The lowest BCUT2D eigenvalue weighted by atomic mass is 10.0. The van der Waals surface area contributed by atoms with Gasteiger partial charge < -0.3 is 9.47 Å². The summed E-state index contributed by atoms with van der Waals surface area (Å²) in [5, 5.41) is 0. The van der Waals surface area contributed by atoms with E-state index in [0.29, 0.717) is 29.2 Å². The second-order valence-corrected chi connectivity index (χ2v) is 7.44. The molecule has 0 fully saturated rings. The number of carbonyl (C=O) groups is 1. The van der Waals surface area contributed by atoms with Gasteiger partial charge >= 0.3 is 0 Å². The summed E-state index contributed by atoms with van der Waals surface area (Å²) in [6.45, 7) is 2.25. The maximum Gasteiger partial charge on any atom is 0.232 e. The van der Waals surface area contributed by atoms with Gasteiger partial charge in [-0.2, -0.15) is 0 Å². The largest absolute Gasteiger partial charge is 0.489 e. The van der Waals surface area contributed by atoms with Crippen LogP contribution in [0.5, 0.6) is 11.5 Å². The minimum absolute atomic E-state index is 0.175. The molecule has 3 aromatic rings. The highest BCUT2D eigenvalue weighted by atomic mass is 79.9. The number of rotatable bonds is 4. The van der Waals surface area contributed by atoms with Crippen molar-refractivity contribution in [2.45, 2.75) is 13.5 Å². The Morgan fingerprint density at radius 1 is 1.11 bits per heavy atom. The highest BCUT2D eigenvalue weighted by molar-refractivity contribution is 9.10. The molecule has 1 aliphatic heterocycles. The SMILES string of the molecule is Cc1cc(OCc2ccc(Br)cc2)cc2c1C(=O)/C(=C/c1cccc(F)c1)O2. The zero-order valence-electron chi connectivity index (χ0n) is 15.0. The Kier molecular flexibility index (Phi) is 5.01. The fourth-order valence-corrected chi connectivity index (χ4v) is 3.32. The Morgan fingerprint density at radius 3 is 2.64 bits per heavy atom. The van der Waals surface area contributed by atoms with Crippen LogP contribution in [-0.4, -0.2) is 5.78 Å². The number of hydrogen-bond donors (Lipinski definition) is 0. The average molecular weight is 439 g/mol. The number of Topliss-reactive ketones (excluding diaryl/α,β-unsaturated/α-hetero) is 1. The molecule has 1 heterocycles. The quantitative estimate of drug-likeness (QED) is 0.462. The Labute approximate surface area is 170 Å². The Balaban J connectivity index is 1.56. The highest BCUT2D eigenvalue weighted by Gasteiger charge is 2.30. The number of halogens is 2. The molecule has 3 aromatic carbocycles. The van der Waals surface area contributed by atoms with E-state index >= 15 is 0 Å². The monoisotopic (exact) mass is 438 g/mol. The van der Waals surface area contributed by atoms with Gasteiger partial charge in [-0.3, -0.25) is 4.79 Å². The predicted octanol–water partition coefficient (Wildman–Crippen LogP) is 6.09. The van der Waals surface area contributed by atoms with Crippen molar-refractivity contribution in [1.29, 1.82) is 0 Å². The molecule has 0 aromatic heterocycles. The van der Waals surface area contributed by atoms with Crippen LogP contribution in [0.25, 0.3) is 6.08 Å². The second kappa shape index (κ2) is 7.60. The van der Waals surface area contributed by atoms with Gasteiger partial charge in [0.1, 0.15) is 23.9 Å². The van der Waals surface area contributed by atoms with Crippen LogP contribution in [0.15, 0.2) is 70.9 Å². The molecule has 140 valence electrons. The van der Waals surface area contributed by atoms with E-state index < -0.39 is 0 Å². The van der Waals surface area contributed by atoms with Crippen molar-refractivity contribution in [3.63, 3.8) is 0 Å². The molecule has 0 aliphatic carbocycles. The van der Waals surface area contributed by atoms with E-state index in [1.807, 2.05) is 37.3 Å². The molecule has 0 unspecified atom stereocenters. The predicted molar refractivity (Wildman–Crippen MR) is 109 cm³/mol. The molecule has 3 nitrogen and oxygen atoms in total. The van der Waals surface area contributed by atoms with E-state index in [1.165, 1.54) is 12.1 Å². The van der Waals surface area contributed by atoms with Crippen LogP contribution in [0.2, 0.25) is 0 Å². The molecule has 28 heavy (non-hydrogen) atoms. The number of benzene rings is 3. The van der Waals surface area contributed by atoms with Gasteiger partial charge in [0.05, 0.1) is 5.56 Å². The van der Waals surface area contributed by atoms with Gasteiger partial charge in [0, 0.05) is 10.5 Å². The highest BCUT2D eigenvalue weighted by Crippen LogP contribution is 2.37. The standard InChI is InChI=1S/C23H16BrFO3/c1-14-9-19(27-13-15-5-7-17(24)8-6-15)12-20-22(14)23(26)21(28-20)11-16-3-2-4-18(25)10-16/h2-12H,13H2,1H3/b21-11-. The molecule has 0 saturated carbocycles. The summed E-state index contributed by atoms with van der Waals surface area (Å²) >= 11 is 3.41. The second-order valence-electron chi connectivity index (χ2n) is 6.52. The van der Waals surface area contributed by atoms with Gasteiger partial charge in [-0.05, 0) is 60.0 Å². The first-order chi connectivity index (χ1) is 13.5. The molecule has 0 N–H and O–H groups in total. The summed E-state index contributed by atoms with van der Waals surface area (Å²) in [6, 6.07) is 17.4. The van der Waals surface area contributed by atoms with E-state index in [4.69, 9.17) is 9.47 Å². The third kappa shape index (κ3) is 3.85. The molecule has 0 saturated heterocycles. The first kappa shape index (κ1) is 18.4.